The molecule has 4 heteroatoms. The van der Waals surface area contributed by atoms with Crippen LogP contribution in [0.5, 0.6) is 0 Å². The van der Waals surface area contributed by atoms with Gasteiger partial charge in [-0.25, -0.2) is 0 Å². The molecule has 0 aromatic rings. The Bertz CT molecular complexity index is 433. The third kappa shape index (κ3) is 5.26. The molecule has 3 aliphatic rings. The lowest BCUT2D eigenvalue weighted by molar-refractivity contribution is -0.111. The summed E-state index contributed by atoms with van der Waals surface area (Å²) in [6.45, 7) is 9.43. The van der Waals surface area contributed by atoms with Gasteiger partial charge in [0.2, 0.25) is 0 Å². The first-order valence-electron chi connectivity index (χ1n) is 11.6. The van der Waals surface area contributed by atoms with Crippen molar-refractivity contribution < 1.29 is 14.9 Å². The van der Waals surface area contributed by atoms with Gasteiger partial charge in [-0.2, -0.15) is 0 Å². The molecule has 9 atom stereocenters. The van der Waals surface area contributed by atoms with Crippen molar-refractivity contribution in [2.45, 2.75) is 116 Å². The van der Waals surface area contributed by atoms with Gasteiger partial charge in [0, 0.05) is 18.1 Å². The Hall–Kier alpha value is -0.160. The topological polar surface area (TPSA) is 52.9 Å². The Morgan fingerprint density at radius 1 is 0.704 bits per heavy atom. The normalized spacial score (nSPS) is 46.6. The van der Waals surface area contributed by atoms with E-state index in [0.29, 0.717) is 24.5 Å². The zero-order valence-corrected chi connectivity index (χ0v) is 18.0. The molecular formula is C23H43NO3. The van der Waals surface area contributed by atoms with E-state index in [1.807, 2.05) is 0 Å². The summed E-state index contributed by atoms with van der Waals surface area (Å²) in [5, 5.41) is 19.8. The van der Waals surface area contributed by atoms with E-state index in [1.165, 1.54) is 38.5 Å². The first kappa shape index (κ1) is 21.5. The van der Waals surface area contributed by atoms with Gasteiger partial charge in [-0.3, -0.25) is 4.90 Å². The molecule has 9 unspecified atom stereocenters. The molecule has 0 heterocycles. The molecule has 158 valence electrons. The van der Waals surface area contributed by atoms with Crippen LogP contribution in [0.15, 0.2) is 0 Å². The highest BCUT2D eigenvalue weighted by atomic mass is 16.6. The predicted octanol–water partition coefficient (Wildman–Crippen LogP) is 4.19. The number of aliphatic hydroxyl groups is 2. The highest BCUT2D eigenvalue weighted by Crippen LogP contribution is 2.41. The minimum absolute atomic E-state index is 0.00822. The highest BCUT2D eigenvalue weighted by molar-refractivity contribution is 4.95. The van der Waals surface area contributed by atoms with Crippen LogP contribution >= 0.6 is 0 Å². The van der Waals surface area contributed by atoms with Crippen molar-refractivity contribution >= 4 is 0 Å². The van der Waals surface area contributed by atoms with Crippen molar-refractivity contribution in [1.82, 2.24) is 4.90 Å². The first-order chi connectivity index (χ1) is 12.9. The molecule has 0 spiro atoms. The number of aliphatic hydroxyl groups excluding tert-OH is 2. The molecule has 27 heavy (non-hydrogen) atoms. The monoisotopic (exact) mass is 381 g/mol. The SMILES string of the molecule is CC1CCC(N(C2CC(O)CC(OCO)C2)C2CCC(C)C(C)C2)CC1C. The lowest BCUT2D eigenvalue weighted by atomic mass is 9.74. The van der Waals surface area contributed by atoms with Gasteiger partial charge in [0.15, 0.2) is 0 Å². The van der Waals surface area contributed by atoms with Gasteiger partial charge < -0.3 is 14.9 Å². The van der Waals surface area contributed by atoms with Crippen LogP contribution in [0.1, 0.15) is 85.5 Å². The smallest absolute Gasteiger partial charge is 0.143 e. The summed E-state index contributed by atoms with van der Waals surface area (Å²) < 4.78 is 5.55. The van der Waals surface area contributed by atoms with E-state index < -0.39 is 0 Å². The fraction of sp³-hybridized carbons (Fsp3) is 1.00. The van der Waals surface area contributed by atoms with Crippen LogP contribution in [0.3, 0.4) is 0 Å². The van der Waals surface area contributed by atoms with Gasteiger partial charge >= 0.3 is 0 Å². The molecule has 0 aromatic carbocycles. The van der Waals surface area contributed by atoms with Crippen LogP contribution in [0.4, 0.5) is 0 Å². The molecule has 0 aliphatic heterocycles. The summed E-state index contributed by atoms with van der Waals surface area (Å²) in [4.78, 5) is 2.85. The highest BCUT2D eigenvalue weighted by Gasteiger charge is 2.42. The Morgan fingerprint density at radius 3 is 1.74 bits per heavy atom. The van der Waals surface area contributed by atoms with Gasteiger partial charge in [0.25, 0.3) is 0 Å². The predicted molar refractivity (Wildman–Crippen MR) is 109 cm³/mol. The number of ether oxygens (including phenoxy) is 1. The standard InChI is InChI=1S/C23H43NO3/c1-15-5-7-19(9-17(15)3)24(20-8-6-16(2)18(4)10-20)21-11-22(26)13-23(12-21)27-14-25/h15-23,25-26H,5-14H2,1-4H3. The fourth-order valence-electron chi connectivity index (χ4n) is 6.17. The van der Waals surface area contributed by atoms with Gasteiger partial charge in [0.1, 0.15) is 6.79 Å². The average Bonchev–Trinajstić information content (AvgIpc) is 2.61. The summed E-state index contributed by atoms with van der Waals surface area (Å²) >= 11 is 0. The molecule has 0 radical (unpaired) electrons. The maximum Gasteiger partial charge on any atom is 0.143 e. The second kappa shape index (κ2) is 9.56. The molecular weight excluding hydrogens is 338 g/mol. The van der Waals surface area contributed by atoms with Crippen LogP contribution < -0.4 is 0 Å². The number of nitrogens with zero attached hydrogens (tertiary/aromatic N) is 1. The van der Waals surface area contributed by atoms with E-state index in [9.17, 15) is 10.2 Å². The van der Waals surface area contributed by atoms with Gasteiger partial charge in [-0.15, -0.1) is 0 Å². The third-order valence-corrected chi connectivity index (χ3v) is 8.33. The fourth-order valence-corrected chi connectivity index (χ4v) is 6.17. The van der Waals surface area contributed by atoms with Gasteiger partial charge in [0.05, 0.1) is 12.2 Å². The van der Waals surface area contributed by atoms with Crippen molar-refractivity contribution in [2.75, 3.05) is 6.79 Å². The average molecular weight is 382 g/mol. The molecule has 2 N–H and O–H groups in total. The zero-order valence-electron chi connectivity index (χ0n) is 18.0. The Balaban J connectivity index is 1.78. The van der Waals surface area contributed by atoms with Gasteiger partial charge in [-0.1, -0.05) is 27.7 Å². The lowest BCUT2D eigenvalue weighted by Crippen LogP contribution is -2.56. The van der Waals surface area contributed by atoms with E-state index in [-0.39, 0.29) is 19.0 Å². The van der Waals surface area contributed by atoms with Crippen molar-refractivity contribution in [1.29, 1.82) is 0 Å². The molecule has 3 fully saturated rings. The summed E-state index contributed by atoms with van der Waals surface area (Å²) in [6.07, 6.45) is 10.0. The van der Waals surface area contributed by atoms with Crippen molar-refractivity contribution in [3.8, 4) is 0 Å². The Morgan fingerprint density at radius 2 is 1.26 bits per heavy atom. The van der Waals surface area contributed by atoms with Crippen LogP contribution in [-0.2, 0) is 4.74 Å². The van der Waals surface area contributed by atoms with Crippen LogP contribution in [0.25, 0.3) is 0 Å². The van der Waals surface area contributed by atoms with E-state index in [2.05, 4.69) is 32.6 Å². The van der Waals surface area contributed by atoms with Crippen molar-refractivity contribution in [3.63, 3.8) is 0 Å². The molecule has 0 saturated heterocycles. The molecule has 3 rings (SSSR count). The second-order valence-electron chi connectivity index (χ2n) is 10.2. The van der Waals surface area contributed by atoms with Crippen LogP contribution in [-0.4, -0.2) is 52.2 Å². The quantitative estimate of drug-likeness (QED) is 0.701. The zero-order chi connectivity index (χ0) is 19.6. The molecule has 3 aliphatic carbocycles. The molecule has 4 nitrogen and oxygen atoms in total. The largest absolute Gasteiger partial charge is 0.393 e. The van der Waals surface area contributed by atoms with Crippen LogP contribution in [0.2, 0.25) is 0 Å². The second-order valence-corrected chi connectivity index (χ2v) is 10.2. The summed E-state index contributed by atoms with van der Waals surface area (Å²) in [5.41, 5.74) is 0. The third-order valence-electron chi connectivity index (χ3n) is 8.33. The lowest BCUT2D eigenvalue weighted by Gasteiger charge is -2.51. The molecule has 3 saturated carbocycles. The van der Waals surface area contributed by atoms with E-state index in [0.717, 1.165) is 36.5 Å². The summed E-state index contributed by atoms with van der Waals surface area (Å²) in [7, 11) is 0. The first-order valence-corrected chi connectivity index (χ1v) is 11.6. The minimum atomic E-state index is -0.303. The molecule has 0 bridgehead atoms. The maximum atomic E-state index is 10.5. The minimum Gasteiger partial charge on any atom is -0.393 e. The van der Waals surface area contributed by atoms with E-state index >= 15 is 0 Å². The summed E-state index contributed by atoms with van der Waals surface area (Å²) in [5.74, 6) is 3.22. The number of hydrogen-bond acceptors (Lipinski definition) is 4. The van der Waals surface area contributed by atoms with Gasteiger partial charge in [-0.05, 0) is 81.5 Å². The number of hydrogen-bond donors (Lipinski definition) is 2. The maximum absolute atomic E-state index is 10.5. The van der Waals surface area contributed by atoms with Crippen LogP contribution in [0, 0.1) is 23.7 Å². The van der Waals surface area contributed by atoms with Crippen molar-refractivity contribution in [2.24, 2.45) is 23.7 Å². The van der Waals surface area contributed by atoms with E-state index in [4.69, 9.17) is 4.74 Å². The van der Waals surface area contributed by atoms with E-state index in [1.54, 1.807) is 0 Å². The number of rotatable bonds is 5. The molecule has 0 aromatic heterocycles. The Kier molecular flexibility index (Phi) is 7.63. The molecule has 0 amide bonds. The summed E-state index contributed by atoms with van der Waals surface area (Å²) in [6, 6.07) is 1.68. The Labute approximate surface area is 166 Å². The van der Waals surface area contributed by atoms with Crippen molar-refractivity contribution in [3.05, 3.63) is 0 Å².